The van der Waals surface area contributed by atoms with E-state index in [2.05, 4.69) is 15.5 Å². The van der Waals surface area contributed by atoms with Crippen LogP contribution in [0.4, 0.5) is 10.1 Å². The van der Waals surface area contributed by atoms with Crippen LogP contribution in [0, 0.1) is 5.82 Å². The first kappa shape index (κ1) is 15.5. The highest BCUT2D eigenvalue weighted by molar-refractivity contribution is 6.39. The van der Waals surface area contributed by atoms with Crippen LogP contribution in [-0.2, 0) is 4.79 Å². The number of nitrogens with zero attached hydrogens (tertiary/aromatic N) is 1. The maximum Gasteiger partial charge on any atom is 0.238 e. The lowest BCUT2D eigenvalue weighted by molar-refractivity contribution is -0.117. The molecule has 1 amide bonds. The van der Waals surface area contributed by atoms with E-state index in [0.29, 0.717) is 0 Å². The Balaban J connectivity index is 1.97. The van der Waals surface area contributed by atoms with E-state index in [1.807, 2.05) is 0 Å². The number of hydrogen-bond acceptors (Lipinski definition) is 3. The molecule has 1 fully saturated rings. The average molecular weight is 320 g/mol. The summed E-state index contributed by atoms with van der Waals surface area (Å²) in [5.74, 6) is -0.737. The Labute approximate surface area is 127 Å². The Morgan fingerprint density at radius 1 is 1.30 bits per heavy atom. The van der Waals surface area contributed by atoms with Crippen LogP contribution in [0.5, 0.6) is 0 Å². The Kier molecular flexibility index (Phi) is 5.60. The molecule has 1 saturated heterocycles. The van der Waals surface area contributed by atoms with E-state index in [9.17, 15) is 9.18 Å². The van der Waals surface area contributed by atoms with Crippen LogP contribution in [0.25, 0.3) is 0 Å². The second-order valence-electron chi connectivity index (χ2n) is 4.67. The zero-order valence-corrected chi connectivity index (χ0v) is 12.4. The van der Waals surface area contributed by atoms with Crippen molar-refractivity contribution in [2.24, 2.45) is 0 Å². The van der Waals surface area contributed by atoms with Crippen LogP contribution < -0.4 is 10.6 Å². The van der Waals surface area contributed by atoms with Gasteiger partial charge in [-0.3, -0.25) is 9.69 Å². The quantitative estimate of drug-likeness (QED) is 0.899. The fourth-order valence-corrected chi connectivity index (χ4v) is 2.66. The van der Waals surface area contributed by atoms with E-state index in [1.165, 1.54) is 0 Å². The normalized spacial score (nSPS) is 16.8. The smallest absolute Gasteiger partial charge is 0.238 e. The van der Waals surface area contributed by atoms with Crippen molar-refractivity contribution in [3.8, 4) is 0 Å². The van der Waals surface area contributed by atoms with Crippen LogP contribution in [0.15, 0.2) is 12.1 Å². The molecule has 4 nitrogen and oxygen atoms in total. The standard InChI is InChI=1S/C13H16Cl2FN3O/c14-10-6-9(16)7-11(15)13(10)18-12(20)8-19-4-1-2-17-3-5-19/h6-7,17H,1-5,8H2,(H,18,20). The third-order valence-electron chi connectivity index (χ3n) is 3.07. The molecule has 0 spiro atoms. The fraction of sp³-hybridized carbons (Fsp3) is 0.462. The highest BCUT2D eigenvalue weighted by Crippen LogP contribution is 2.31. The highest BCUT2D eigenvalue weighted by Gasteiger charge is 2.15. The molecule has 0 unspecified atom stereocenters. The number of anilines is 1. The van der Waals surface area contributed by atoms with E-state index in [4.69, 9.17) is 23.2 Å². The van der Waals surface area contributed by atoms with Gasteiger partial charge in [-0.15, -0.1) is 0 Å². The molecule has 2 rings (SSSR count). The summed E-state index contributed by atoms with van der Waals surface area (Å²) in [6, 6.07) is 2.25. The predicted octanol–water partition coefficient (Wildman–Crippen LogP) is 2.37. The van der Waals surface area contributed by atoms with Gasteiger partial charge in [0.05, 0.1) is 22.3 Å². The maximum absolute atomic E-state index is 13.1. The Bertz CT molecular complexity index is 467. The van der Waals surface area contributed by atoms with Gasteiger partial charge in [0.25, 0.3) is 0 Å². The number of rotatable bonds is 3. The maximum atomic E-state index is 13.1. The fourth-order valence-electron chi connectivity index (χ4n) is 2.10. The van der Waals surface area contributed by atoms with E-state index >= 15 is 0 Å². The second-order valence-corrected chi connectivity index (χ2v) is 5.49. The van der Waals surface area contributed by atoms with Gasteiger partial charge in [0.1, 0.15) is 5.82 Å². The molecule has 20 heavy (non-hydrogen) atoms. The molecule has 1 heterocycles. The van der Waals surface area contributed by atoms with Crippen LogP contribution in [0.2, 0.25) is 10.0 Å². The van der Waals surface area contributed by atoms with Crippen molar-refractivity contribution in [1.82, 2.24) is 10.2 Å². The van der Waals surface area contributed by atoms with Crippen molar-refractivity contribution in [1.29, 1.82) is 0 Å². The Hall–Kier alpha value is -0.880. The first-order chi connectivity index (χ1) is 9.56. The molecule has 1 aromatic carbocycles. The Morgan fingerprint density at radius 3 is 2.70 bits per heavy atom. The minimum atomic E-state index is -0.531. The number of nitrogens with one attached hydrogen (secondary N) is 2. The average Bonchev–Trinajstić information content (AvgIpc) is 2.62. The molecule has 0 saturated carbocycles. The van der Waals surface area contributed by atoms with Gasteiger partial charge in [-0.25, -0.2) is 4.39 Å². The van der Waals surface area contributed by atoms with Crippen molar-refractivity contribution in [2.75, 3.05) is 38.0 Å². The summed E-state index contributed by atoms with van der Waals surface area (Å²) < 4.78 is 13.1. The largest absolute Gasteiger partial charge is 0.322 e. The summed E-state index contributed by atoms with van der Waals surface area (Å²) >= 11 is 11.8. The third kappa shape index (κ3) is 4.31. The molecule has 1 aliphatic heterocycles. The van der Waals surface area contributed by atoms with Crippen molar-refractivity contribution >= 4 is 34.8 Å². The molecule has 2 N–H and O–H groups in total. The minimum absolute atomic E-state index is 0.0980. The molecule has 110 valence electrons. The van der Waals surface area contributed by atoms with Gasteiger partial charge < -0.3 is 10.6 Å². The molecule has 0 bridgehead atoms. The topological polar surface area (TPSA) is 44.4 Å². The summed E-state index contributed by atoms with van der Waals surface area (Å²) in [6.45, 7) is 3.79. The molecule has 1 aromatic rings. The number of carbonyl (C=O) groups excluding carboxylic acids is 1. The molecular formula is C13H16Cl2FN3O. The van der Waals surface area contributed by atoms with Crippen molar-refractivity contribution in [3.63, 3.8) is 0 Å². The summed E-state index contributed by atoms with van der Waals surface area (Å²) in [6.07, 6.45) is 1.01. The van der Waals surface area contributed by atoms with E-state index in [1.54, 1.807) is 0 Å². The monoisotopic (exact) mass is 319 g/mol. The lowest BCUT2D eigenvalue weighted by atomic mass is 10.3. The van der Waals surface area contributed by atoms with Crippen molar-refractivity contribution in [2.45, 2.75) is 6.42 Å². The van der Waals surface area contributed by atoms with Gasteiger partial charge in [-0.1, -0.05) is 23.2 Å². The van der Waals surface area contributed by atoms with Crippen LogP contribution in [-0.4, -0.2) is 43.5 Å². The summed E-state index contributed by atoms with van der Waals surface area (Å²) in [5, 5.41) is 6.11. The van der Waals surface area contributed by atoms with Crippen LogP contribution in [0.3, 0.4) is 0 Å². The molecular weight excluding hydrogens is 304 g/mol. The molecule has 0 atom stereocenters. The van der Waals surface area contributed by atoms with Crippen LogP contribution >= 0.6 is 23.2 Å². The molecule has 1 aliphatic rings. The molecule has 7 heteroatoms. The van der Waals surface area contributed by atoms with E-state index < -0.39 is 5.82 Å². The first-order valence-corrected chi connectivity index (χ1v) is 7.19. The molecule has 0 aliphatic carbocycles. The van der Waals surface area contributed by atoms with Crippen molar-refractivity contribution < 1.29 is 9.18 Å². The van der Waals surface area contributed by atoms with Crippen molar-refractivity contribution in [3.05, 3.63) is 28.0 Å². The first-order valence-electron chi connectivity index (χ1n) is 6.44. The zero-order chi connectivity index (χ0) is 14.5. The third-order valence-corrected chi connectivity index (χ3v) is 3.67. The Morgan fingerprint density at radius 2 is 2.00 bits per heavy atom. The molecule has 0 radical (unpaired) electrons. The minimum Gasteiger partial charge on any atom is -0.322 e. The summed E-state index contributed by atoms with van der Waals surface area (Å²) in [4.78, 5) is 14.1. The lowest BCUT2D eigenvalue weighted by Crippen LogP contribution is -2.35. The predicted molar refractivity (Wildman–Crippen MR) is 79.0 cm³/mol. The second kappa shape index (κ2) is 7.22. The van der Waals surface area contributed by atoms with E-state index in [-0.39, 0.29) is 28.2 Å². The highest BCUT2D eigenvalue weighted by atomic mass is 35.5. The van der Waals surface area contributed by atoms with Gasteiger partial charge in [-0.05, 0) is 31.6 Å². The van der Waals surface area contributed by atoms with E-state index in [0.717, 1.165) is 44.7 Å². The number of carbonyl (C=O) groups is 1. The van der Waals surface area contributed by atoms with Gasteiger partial charge >= 0.3 is 0 Å². The van der Waals surface area contributed by atoms with Gasteiger partial charge in [0, 0.05) is 13.1 Å². The number of amides is 1. The lowest BCUT2D eigenvalue weighted by Gasteiger charge is -2.19. The van der Waals surface area contributed by atoms with Gasteiger partial charge in [0.2, 0.25) is 5.91 Å². The SMILES string of the molecule is O=C(CN1CCCNCC1)Nc1c(Cl)cc(F)cc1Cl. The van der Waals surface area contributed by atoms with Crippen LogP contribution in [0.1, 0.15) is 6.42 Å². The number of hydrogen-bond donors (Lipinski definition) is 2. The number of halogens is 3. The number of benzene rings is 1. The van der Waals surface area contributed by atoms with Gasteiger partial charge in [-0.2, -0.15) is 0 Å². The molecule has 0 aromatic heterocycles. The zero-order valence-electron chi connectivity index (χ0n) is 10.9. The summed E-state index contributed by atoms with van der Waals surface area (Å²) in [7, 11) is 0. The summed E-state index contributed by atoms with van der Waals surface area (Å²) in [5.41, 5.74) is 0.257. The van der Waals surface area contributed by atoms with Gasteiger partial charge in [0.15, 0.2) is 0 Å².